The van der Waals surface area contributed by atoms with Crippen LogP contribution in [0, 0.1) is 0 Å². The van der Waals surface area contributed by atoms with E-state index >= 15 is 0 Å². The summed E-state index contributed by atoms with van der Waals surface area (Å²) < 4.78 is 0. The molecule has 0 atom stereocenters. The van der Waals surface area contributed by atoms with E-state index in [-0.39, 0.29) is 0 Å². The fourth-order valence-corrected chi connectivity index (χ4v) is 3.55. The highest BCUT2D eigenvalue weighted by atomic mass is 15.1. The predicted molar refractivity (Wildman–Crippen MR) is 116 cm³/mol. The third kappa shape index (κ3) is 3.63. The molecule has 0 radical (unpaired) electrons. The molecule has 27 heavy (non-hydrogen) atoms. The van der Waals surface area contributed by atoms with Crippen LogP contribution in [-0.2, 0) is 0 Å². The van der Waals surface area contributed by atoms with Gasteiger partial charge >= 0.3 is 0 Å². The van der Waals surface area contributed by atoms with Crippen LogP contribution < -0.4 is 4.90 Å². The van der Waals surface area contributed by atoms with Crippen LogP contribution in [0.4, 0.5) is 11.4 Å². The van der Waals surface area contributed by atoms with Gasteiger partial charge in [0.15, 0.2) is 0 Å². The SMILES string of the molecule is CCN(c1cccc(-c2ccccc2)c1)c1ccccc1-c1ccccc1. The Hall–Kier alpha value is -3.32. The molecule has 1 nitrogen and oxygen atoms in total. The molecule has 1 heteroatoms. The van der Waals surface area contributed by atoms with Crippen LogP contribution in [-0.4, -0.2) is 6.54 Å². The highest BCUT2D eigenvalue weighted by Gasteiger charge is 2.13. The maximum absolute atomic E-state index is 2.38. The first-order chi connectivity index (χ1) is 13.4. The summed E-state index contributed by atoms with van der Waals surface area (Å²) in [6, 6.07) is 38.6. The standard InChI is InChI=1S/C26H23N/c1-2-27(24-17-11-16-23(20-24)21-12-5-3-6-13-21)26-19-10-9-18-25(26)22-14-7-4-8-15-22/h3-20H,2H2,1H3. The summed E-state index contributed by atoms with van der Waals surface area (Å²) in [5.74, 6) is 0. The normalized spacial score (nSPS) is 10.6. The van der Waals surface area contributed by atoms with Gasteiger partial charge in [0, 0.05) is 23.5 Å². The predicted octanol–water partition coefficient (Wildman–Crippen LogP) is 7.18. The maximum atomic E-state index is 2.38. The lowest BCUT2D eigenvalue weighted by molar-refractivity contribution is 1.03. The van der Waals surface area contributed by atoms with Gasteiger partial charge in [-0.15, -0.1) is 0 Å². The van der Waals surface area contributed by atoms with E-state index in [4.69, 9.17) is 0 Å². The number of hydrogen-bond acceptors (Lipinski definition) is 1. The molecule has 0 N–H and O–H groups in total. The van der Waals surface area contributed by atoms with Gasteiger partial charge in [0.1, 0.15) is 0 Å². The fraction of sp³-hybridized carbons (Fsp3) is 0.0769. The second-order valence-corrected chi connectivity index (χ2v) is 6.54. The third-order valence-electron chi connectivity index (χ3n) is 4.86. The molecule has 132 valence electrons. The van der Waals surface area contributed by atoms with E-state index in [0.29, 0.717) is 0 Å². The molecule has 0 heterocycles. The summed E-state index contributed by atoms with van der Waals surface area (Å²) in [5.41, 5.74) is 7.42. The average Bonchev–Trinajstić information content (AvgIpc) is 2.76. The highest BCUT2D eigenvalue weighted by Crippen LogP contribution is 2.36. The van der Waals surface area contributed by atoms with Gasteiger partial charge in [0.2, 0.25) is 0 Å². The zero-order valence-corrected chi connectivity index (χ0v) is 15.5. The molecule has 0 aliphatic carbocycles. The van der Waals surface area contributed by atoms with E-state index in [0.717, 1.165) is 6.54 Å². The molecular formula is C26H23N. The Balaban J connectivity index is 1.78. The monoisotopic (exact) mass is 349 g/mol. The van der Waals surface area contributed by atoms with Crippen LogP contribution in [0.2, 0.25) is 0 Å². The summed E-state index contributed by atoms with van der Waals surface area (Å²) in [7, 11) is 0. The van der Waals surface area contributed by atoms with E-state index < -0.39 is 0 Å². The van der Waals surface area contributed by atoms with Crippen LogP contribution >= 0.6 is 0 Å². The van der Waals surface area contributed by atoms with Crippen LogP contribution in [0.3, 0.4) is 0 Å². The summed E-state index contributed by atoms with van der Waals surface area (Å²) in [6.07, 6.45) is 0. The van der Waals surface area contributed by atoms with Crippen molar-refractivity contribution >= 4 is 11.4 Å². The highest BCUT2D eigenvalue weighted by molar-refractivity contribution is 5.83. The van der Waals surface area contributed by atoms with Crippen molar-refractivity contribution in [1.82, 2.24) is 0 Å². The first-order valence-corrected chi connectivity index (χ1v) is 9.44. The van der Waals surface area contributed by atoms with E-state index in [9.17, 15) is 0 Å². The fourth-order valence-electron chi connectivity index (χ4n) is 3.55. The lowest BCUT2D eigenvalue weighted by atomic mass is 10.0. The maximum Gasteiger partial charge on any atom is 0.0490 e. The van der Waals surface area contributed by atoms with E-state index in [1.807, 2.05) is 0 Å². The Morgan fingerprint density at radius 3 is 1.85 bits per heavy atom. The first kappa shape index (κ1) is 17.1. The van der Waals surface area contributed by atoms with E-state index in [1.54, 1.807) is 0 Å². The first-order valence-electron chi connectivity index (χ1n) is 9.44. The Morgan fingerprint density at radius 2 is 1.15 bits per heavy atom. The van der Waals surface area contributed by atoms with Crippen molar-refractivity contribution in [1.29, 1.82) is 0 Å². The van der Waals surface area contributed by atoms with Gasteiger partial charge in [0.05, 0.1) is 0 Å². The van der Waals surface area contributed by atoms with Gasteiger partial charge in [-0.3, -0.25) is 0 Å². The number of anilines is 2. The quantitative estimate of drug-likeness (QED) is 0.369. The molecule has 0 aliphatic rings. The number of nitrogens with zero attached hydrogens (tertiary/aromatic N) is 1. The number of hydrogen-bond donors (Lipinski definition) is 0. The number of rotatable bonds is 5. The molecule has 0 aliphatic heterocycles. The van der Waals surface area contributed by atoms with Gasteiger partial charge in [-0.1, -0.05) is 91.0 Å². The molecule has 0 saturated heterocycles. The summed E-state index contributed by atoms with van der Waals surface area (Å²) in [6.45, 7) is 3.11. The zero-order chi connectivity index (χ0) is 18.5. The van der Waals surface area contributed by atoms with Crippen molar-refractivity contribution in [2.75, 3.05) is 11.4 Å². The summed E-state index contributed by atoms with van der Waals surface area (Å²) >= 11 is 0. The van der Waals surface area contributed by atoms with E-state index in [2.05, 4.69) is 121 Å². The molecule has 0 fully saturated rings. The molecule has 0 spiro atoms. The van der Waals surface area contributed by atoms with Gasteiger partial charge in [-0.2, -0.15) is 0 Å². The average molecular weight is 349 g/mol. The van der Waals surface area contributed by atoms with Crippen LogP contribution in [0.25, 0.3) is 22.3 Å². The minimum atomic E-state index is 0.905. The molecule has 0 amide bonds. The molecule has 0 unspecified atom stereocenters. The van der Waals surface area contributed by atoms with Gasteiger partial charge in [-0.05, 0) is 41.8 Å². The zero-order valence-electron chi connectivity index (χ0n) is 15.5. The third-order valence-corrected chi connectivity index (χ3v) is 4.86. The Kier molecular flexibility index (Phi) is 5.02. The molecule has 4 aromatic rings. The molecular weight excluding hydrogens is 326 g/mol. The van der Waals surface area contributed by atoms with Crippen molar-refractivity contribution in [3.63, 3.8) is 0 Å². The minimum absolute atomic E-state index is 0.905. The second-order valence-electron chi connectivity index (χ2n) is 6.54. The van der Waals surface area contributed by atoms with Crippen molar-refractivity contribution < 1.29 is 0 Å². The van der Waals surface area contributed by atoms with Crippen molar-refractivity contribution in [2.45, 2.75) is 6.92 Å². The van der Waals surface area contributed by atoms with Crippen molar-refractivity contribution in [3.8, 4) is 22.3 Å². The van der Waals surface area contributed by atoms with Crippen LogP contribution in [0.1, 0.15) is 6.92 Å². The Labute approximate surface area is 161 Å². The number of benzene rings is 4. The lowest BCUT2D eigenvalue weighted by Crippen LogP contribution is -2.16. The number of para-hydroxylation sites is 1. The topological polar surface area (TPSA) is 3.24 Å². The second kappa shape index (κ2) is 7.92. The summed E-state index contributed by atoms with van der Waals surface area (Å²) in [5, 5.41) is 0. The molecule has 4 rings (SSSR count). The lowest BCUT2D eigenvalue weighted by Gasteiger charge is -2.26. The smallest absolute Gasteiger partial charge is 0.0490 e. The van der Waals surface area contributed by atoms with Gasteiger partial charge in [-0.25, -0.2) is 0 Å². The molecule has 0 aromatic heterocycles. The van der Waals surface area contributed by atoms with Crippen LogP contribution in [0.15, 0.2) is 109 Å². The van der Waals surface area contributed by atoms with Gasteiger partial charge in [0.25, 0.3) is 0 Å². The van der Waals surface area contributed by atoms with E-state index in [1.165, 1.54) is 33.6 Å². The largest absolute Gasteiger partial charge is 0.341 e. The van der Waals surface area contributed by atoms with Crippen molar-refractivity contribution in [2.24, 2.45) is 0 Å². The Morgan fingerprint density at radius 1 is 0.556 bits per heavy atom. The minimum Gasteiger partial charge on any atom is -0.341 e. The molecule has 4 aromatic carbocycles. The molecule has 0 saturated carbocycles. The van der Waals surface area contributed by atoms with Crippen molar-refractivity contribution in [3.05, 3.63) is 109 Å². The van der Waals surface area contributed by atoms with Gasteiger partial charge < -0.3 is 4.90 Å². The molecule has 0 bridgehead atoms. The Bertz CT molecular complexity index is 1010. The summed E-state index contributed by atoms with van der Waals surface area (Å²) in [4.78, 5) is 2.38. The van der Waals surface area contributed by atoms with Crippen LogP contribution in [0.5, 0.6) is 0 Å².